The summed E-state index contributed by atoms with van der Waals surface area (Å²) in [6.45, 7) is 0. The van der Waals surface area contributed by atoms with Gasteiger partial charge in [0.15, 0.2) is 27.4 Å². The first kappa shape index (κ1) is 19.5. The predicted octanol–water partition coefficient (Wildman–Crippen LogP) is 5.53. The monoisotopic (exact) mass is 438 g/mol. The maximum Gasteiger partial charge on any atom is 0.216 e. The van der Waals surface area contributed by atoms with E-state index in [0.29, 0.717) is 0 Å². The van der Waals surface area contributed by atoms with E-state index in [1.165, 1.54) is 36.4 Å². The van der Waals surface area contributed by atoms with Crippen LogP contribution in [0, 0.1) is 23.3 Å². The molecule has 0 saturated carbocycles. The maximum atomic E-state index is 14.3. The van der Waals surface area contributed by atoms with Gasteiger partial charge in [-0.25, -0.2) is 21.6 Å². The van der Waals surface area contributed by atoms with Crippen molar-refractivity contribution in [3.8, 4) is 5.75 Å². The van der Waals surface area contributed by atoms with Crippen LogP contribution in [0.2, 0.25) is 0 Å². The molecule has 1 aliphatic rings. The lowest BCUT2D eigenvalue weighted by molar-refractivity contribution is 0.361. The SMILES string of the molecule is O=S(=O)(C1=C(c2ccccc2)Oc2c(F)c(F)c(F)c(F)c2S1)c1ccccc1. The molecule has 3 nitrogen and oxygen atoms in total. The quantitative estimate of drug-likeness (QED) is 0.307. The van der Waals surface area contributed by atoms with Gasteiger partial charge in [-0.2, -0.15) is 4.39 Å². The zero-order valence-corrected chi connectivity index (χ0v) is 16.0. The second-order valence-electron chi connectivity index (χ2n) is 5.92. The molecule has 0 amide bonds. The van der Waals surface area contributed by atoms with Gasteiger partial charge in [-0.05, 0) is 12.1 Å². The molecule has 0 unspecified atom stereocenters. The first-order valence-corrected chi connectivity index (χ1v) is 10.4. The number of rotatable bonds is 3. The van der Waals surface area contributed by atoms with Crippen molar-refractivity contribution >= 4 is 27.4 Å². The van der Waals surface area contributed by atoms with Gasteiger partial charge >= 0.3 is 0 Å². The van der Waals surface area contributed by atoms with Crippen LogP contribution in [-0.4, -0.2) is 8.42 Å². The van der Waals surface area contributed by atoms with E-state index in [1.54, 1.807) is 24.3 Å². The average molecular weight is 438 g/mol. The van der Waals surface area contributed by atoms with Crippen LogP contribution in [0.4, 0.5) is 17.6 Å². The van der Waals surface area contributed by atoms with E-state index in [-0.39, 0.29) is 28.0 Å². The van der Waals surface area contributed by atoms with Crippen LogP contribution >= 0.6 is 11.8 Å². The van der Waals surface area contributed by atoms with Crippen molar-refractivity contribution in [1.29, 1.82) is 0 Å². The lowest BCUT2D eigenvalue weighted by Gasteiger charge is -2.24. The molecule has 1 aliphatic heterocycles. The molecule has 9 heteroatoms. The summed E-state index contributed by atoms with van der Waals surface area (Å²) in [6.07, 6.45) is 0. The molecule has 0 spiro atoms. The molecule has 3 aromatic rings. The van der Waals surface area contributed by atoms with E-state index in [4.69, 9.17) is 4.74 Å². The van der Waals surface area contributed by atoms with Crippen LogP contribution in [0.25, 0.3) is 5.76 Å². The van der Waals surface area contributed by atoms with Crippen LogP contribution < -0.4 is 4.74 Å². The van der Waals surface area contributed by atoms with E-state index in [9.17, 15) is 26.0 Å². The highest BCUT2D eigenvalue weighted by atomic mass is 32.3. The van der Waals surface area contributed by atoms with Gasteiger partial charge in [0.25, 0.3) is 0 Å². The molecule has 0 aromatic heterocycles. The van der Waals surface area contributed by atoms with Crippen LogP contribution in [0.5, 0.6) is 5.75 Å². The number of hydrogen-bond donors (Lipinski definition) is 0. The summed E-state index contributed by atoms with van der Waals surface area (Å²) >= 11 is 0.270. The van der Waals surface area contributed by atoms with E-state index in [1.807, 2.05) is 0 Å². The minimum atomic E-state index is -4.24. The van der Waals surface area contributed by atoms with Gasteiger partial charge in [0.2, 0.25) is 21.5 Å². The highest BCUT2D eigenvalue weighted by molar-refractivity contribution is 8.19. The second-order valence-corrected chi connectivity index (χ2v) is 9.08. The molecular weight excluding hydrogens is 428 g/mol. The molecule has 1 heterocycles. The Balaban J connectivity index is 2.00. The van der Waals surface area contributed by atoms with E-state index >= 15 is 0 Å². The highest BCUT2D eigenvalue weighted by Crippen LogP contribution is 2.51. The lowest BCUT2D eigenvalue weighted by Crippen LogP contribution is -2.15. The van der Waals surface area contributed by atoms with Crippen LogP contribution in [0.1, 0.15) is 5.56 Å². The summed E-state index contributed by atoms with van der Waals surface area (Å²) in [5.41, 5.74) is 0.240. The summed E-state index contributed by atoms with van der Waals surface area (Å²) in [5.74, 6) is -8.76. The summed E-state index contributed by atoms with van der Waals surface area (Å²) in [5, 5.41) is 0. The van der Waals surface area contributed by atoms with E-state index < -0.39 is 48.0 Å². The standard InChI is InChI=1S/C20H10F4O3S2/c21-13-14(22)16(24)19-18(15(13)23)27-17(11-7-3-1-4-8-11)20(28-19)29(25,26)12-9-5-2-6-10-12/h1-10H. The molecule has 0 fully saturated rings. The summed E-state index contributed by atoms with van der Waals surface area (Å²) in [4.78, 5) is -0.901. The molecule has 29 heavy (non-hydrogen) atoms. The molecule has 0 saturated heterocycles. The van der Waals surface area contributed by atoms with Crippen LogP contribution in [0.15, 0.2) is 74.7 Å². The third-order valence-electron chi connectivity index (χ3n) is 4.10. The van der Waals surface area contributed by atoms with Gasteiger partial charge in [-0.15, -0.1) is 0 Å². The number of sulfone groups is 1. The first-order chi connectivity index (χ1) is 13.8. The van der Waals surface area contributed by atoms with Crippen molar-refractivity contribution in [2.75, 3.05) is 0 Å². The highest BCUT2D eigenvalue weighted by Gasteiger charge is 2.38. The summed E-state index contributed by atoms with van der Waals surface area (Å²) in [7, 11) is -4.24. The fraction of sp³-hybridized carbons (Fsp3) is 0. The number of thioether (sulfide) groups is 1. The zero-order chi connectivity index (χ0) is 20.8. The fourth-order valence-corrected chi connectivity index (χ4v) is 5.66. The second kappa shape index (κ2) is 7.23. The largest absolute Gasteiger partial charge is 0.450 e. The Labute approximate surface area is 167 Å². The normalized spacial score (nSPS) is 13.8. The zero-order valence-electron chi connectivity index (χ0n) is 14.3. The first-order valence-electron chi connectivity index (χ1n) is 8.14. The predicted molar refractivity (Wildman–Crippen MR) is 99.7 cm³/mol. The van der Waals surface area contributed by atoms with Crippen molar-refractivity contribution in [1.82, 2.24) is 0 Å². The van der Waals surface area contributed by atoms with Crippen LogP contribution in [0.3, 0.4) is 0 Å². The third kappa shape index (κ3) is 3.20. The number of fused-ring (bicyclic) bond motifs is 1. The molecule has 3 aromatic carbocycles. The van der Waals surface area contributed by atoms with Gasteiger partial charge in [0, 0.05) is 5.56 Å². The van der Waals surface area contributed by atoms with E-state index in [0.717, 1.165) is 0 Å². The Hall–Kier alpha value is -2.78. The third-order valence-corrected chi connectivity index (χ3v) is 7.51. The number of benzene rings is 3. The minimum Gasteiger partial charge on any atom is -0.450 e. The number of halogens is 4. The molecule has 0 N–H and O–H groups in total. The smallest absolute Gasteiger partial charge is 0.216 e. The number of ether oxygens (including phenoxy) is 1. The average Bonchev–Trinajstić information content (AvgIpc) is 2.76. The molecule has 0 bridgehead atoms. The Kier molecular flexibility index (Phi) is 4.87. The molecule has 0 atom stereocenters. The molecule has 4 rings (SSSR count). The minimum absolute atomic E-state index is 0.119. The van der Waals surface area contributed by atoms with Gasteiger partial charge in [-0.3, -0.25) is 0 Å². The number of hydrogen-bond acceptors (Lipinski definition) is 4. The topological polar surface area (TPSA) is 43.4 Å². The van der Waals surface area contributed by atoms with Gasteiger partial charge in [0.05, 0.1) is 9.79 Å². The molecule has 148 valence electrons. The van der Waals surface area contributed by atoms with E-state index in [2.05, 4.69) is 0 Å². The van der Waals surface area contributed by atoms with Gasteiger partial charge in [-0.1, -0.05) is 60.3 Å². The molecular formula is C20H10F4O3S2. The lowest BCUT2D eigenvalue weighted by atomic mass is 10.2. The molecule has 0 radical (unpaired) electrons. The van der Waals surface area contributed by atoms with Crippen molar-refractivity contribution in [3.05, 3.63) is 93.7 Å². The summed E-state index contributed by atoms with van der Waals surface area (Å²) < 4.78 is 87.2. The van der Waals surface area contributed by atoms with Crippen LogP contribution in [-0.2, 0) is 9.84 Å². The Morgan fingerprint density at radius 3 is 1.90 bits per heavy atom. The molecule has 0 aliphatic carbocycles. The van der Waals surface area contributed by atoms with Crippen molar-refractivity contribution in [3.63, 3.8) is 0 Å². The van der Waals surface area contributed by atoms with Crippen molar-refractivity contribution in [2.45, 2.75) is 9.79 Å². The van der Waals surface area contributed by atoms with Crippen molar-refractivity contribution in [2.24, 2.45) is 0 Å². The summed E-state index contributed by atoms with van der Waals surface area (Å²) in [6, 6.07) is 15.1. The fourth-order valence-electron chi connectivity index (χ4n) is 2.71. The van der Waals surface area contributed by atoms with Gasteiger partial charge in [0.1, 0.15) is 0 Å². The Morgan fingerprint density at radius 1 is 0.724 bits per heavy atom. The Morgan fingerprint density at radius 2 is 1.28 bits per heavy atom. The maximum absolute atomic E-state index is 14.3. The Bertz CT molecular complexity index is 1240. The van der Waals surface area contributed by atoms with Crippen molar-refractivity contribution < 1.29 is 30.7 Å². The van der Waals surface area contributed by atoms with Gasteiger partial charge < -0.3 is 4.74 Å².